The van der Waals surface area contributed by atoms with Gasteiger partial charge >= 0.3 is 5.97 Å². The summed E-state index contributed by atoms with van der Waals surface area (Å²) in [6.07, 6.45) is 4.30. The fourth-order valence-electron chi connectivity index (χ4n) is 3.59. The molecule has 2 rings (SSSR count). The number of esters is 1. The van der Waals surface area contributed by atoms with Crippen molar-refractivity contribution in [3.05, 3.63) is 48.6 Å². The number of allylic oxidation sites excluding steroid dienone is 1. The van der Waals surface area contributed by atoms with Crippen LogP contribution in [0.2, 0.25) is 0 Å². The Balaban J connectivity index is 1.75. The van der Waals surface area contributed by atoms with Crippen molar-refractivity contribution in [2.24, 2.45) is 11.8 Å². The number of ether oxygens (including phenoxy) is 4. The zero-order chi connectivity index (χ0) is 22.0. The minimum atomic E-state index is -0.537. The van der Waals surface area contributed by atoms with E-state index in [-0.39, 0.29) is 30.0 Å². The zero-order valence-corrected chi connectivity index (χ0v) is 19.0. The van der Waals surface area contributed by atoms with Gasteiger partial charge in [-0.1, -0.05) is 50.3 Å². The minimum Gasteiger partial charge on any atom is -0.462 e. The summed E-state index contributed by atoms with van der Waals surface area (Å²) in [5, 5.41) is 0. The maximum Gasteiger partial charge on any atom is 0.306 e. The molecule has 1 aromatic rings. The Bertz CT molecular complexity index is 642. The molecule has 1 heterocycles. The van der Waals surface area contributed by atoms with Crippen LogP contribution < -0.4 is 0 Å². The van der Waals surface area contributed by atoms with E-state index in [1.807, 2.05) is 50.3 Å². The molecule has 168 valence electrons. The summed E-state index contributed by atoms with van der Waals surface area (Å²) in [6.45, 7) is 13.5. The Labute approximate surface area is 181 Å². The van der Waals surface area contributed by atoms with E-state index in [0.717, 1.165) is 18.4 Å². The number of hydrogen-bond donors (Lipinski definition) is 0. The second-order valence-corrected chi connectivity index (χ2v) is 8.74. The highest BCUT2D eigenvalue weighted by molar-refractivity contribution is 5.69. The lowest BCUT2D eigenvalue weighted by molar-refractivity contribution is -0.154. The normalized spacial score (nSPS) is 21.0. The van der Waals surface area contributed by atoms with Crippen molar-refractivity contribution in [3.63, 3.8) is 0 Å². The first-order valence-corrected chi connectivity index (χ1v) is 11.0. The lowest BCUT2D eigenvalue weighted by atomic mass is 9.97. The van der Waals surface area contributed by atoms with Crippen molar-refractivity contribution in [2.75, 3.05) is 13.2 Å². The fourth-order valence-corrected chi connectivity index (χ4v) is 3.59. The summed E-state index contributed by atoms with van der Waals surface area (Å²) >= 11 is 0. The van der Waals surface area contributed by atoms with Gasteiger partial charge in [0.2, 0.25) is 0 Å². The molecule has 1 saturated heterocycles. The van der Waals surface area contributed by atoms with E-state index < -0.39 is 5.79 Å². The molecule has 30 heavy (non-hydrogen) atoms. The molecule has 1 aromatic carbocycles. The molecular formula is C25H38O5. The van der Waals surface area contributed by atoms with E-state index in [0.29, 0.717) is 32.7 Å². The first-order chi connectivity index (χ1) is 14.3. The number of carbonyl (C=O) groups is 1. The van der Waals surface area contributed by atoms with Crippen LogP contribution in [0, 0.1) is 11.8 Å². The lowest BCUT2D eigenvalue weighted by Gasteiger charge is -2.24. The van der Waals surface area contributed by atoms with E-state index in [4.69, 9.17) is 18.9 Å². The molecule has 0 amide bonds. The summed E-state index contributed by atoms with van der Waals surface area (Å²) in [4.78, 5) is 12.5. The molecule has 0 radical (unpaired) electrons. The zero-order valence-electron chi connectivity index (χ0n) is 19.0. The average molecular weight is 419 g/mol. The van der Waals surface area contributed by atoms with Gasteiger partial charge in [0.05, 0.1) is 25.9 Å². The monoisotopic (exact) mass is 418 g/mol. The summed E-state index contributed by atoms with van der Waals surface area (Å²) in [5.74, 6) is -0.261. The van der Waals surface area contributed by atoms with Gasteiger partial charge < -0.3 is 18.9 Å². The molecule has 0 unspecified atom stereocenters. The van der Waals surface area contributed by atoms with Crippen LogP contribution in [0.5, 0.6) is 0 Å². The van der Waals surface area contributed by atoms with Gasteiger partial charge in [0, 0.05) is 12.8 Å². The Kier molecular flexibility index (Phi) is 10.0. The first-order valence-electron chi connectivity index (χ1n) is 11.0. The molecule has 0 N–H and O–H groups in total. The maximum atomic E-state index is 12.5. The highest BCUT2D eigenvalue weighted by Crippen LogP contribution is 2.29. The van der Waals surface area contributed by atoms with E-state index in [1.165, 1.54) is 0 Å². The molecule has 0 aromatic heterocycles. The van der Waals surface area contributed by atoms with Crippen molar-refractivity contribution in [3.8, 4) is 0 Å². The van der Waals surface area contributed by atoms with Crippen molar-refractivity contribution >= 4 is 5.97 Å². The molecule has 0 bridgehead atoms. The Hall–Kier alpha value is -1.69. The largest absolute Gasteiger partial charge is 0.462 e. The van der Waals surface area contributed by atoms with E-state index >= 15 is 0 Å². The topological polar surface area (TPSA) is 54.0 Å². The van der Waals surface area contributed by atoms with Crippen LogP contribution in [0.4, 0.5) is 0 Å². The Morgan fingerprint density at radius 2 is 2.00 bits per heavy atom. The highest BCUT2D eigenvalue weighted by atomic mass is 16.7. The Morgan fingerprint density at radius 3 is 2.63 bits per heavy atom. The maximum absolute atomic E-state index is 12.5. The van der Waals surface area contributed by atoms with Gasteiger partial charge in [-0.15, -0.1) is 6.58 Å². The van der Waals surface area contributed by atoms with Crippen molar-refractivity contribution < 1.29 is 23.7 Å². The fraction of sp³-hybridized carbons (Fsp3) is 0.640. The van der Waals surface area contributed by atoms with Crippen LogP contribution in [-0.4, -0.2) is 37.2 Å². The molecule has 1 aliphatic rings. The quantitative estimate of drug-likeness (QED) is 0.248. The van der Waals surface area contributed by atoms with Gasteiger partial charge in [-0.05, 0) is 44.1 Å². The SMILES string of the molecule is C=CC[C@H](C)[C@@H](CCOCc1ccccc1)OC(=O)CC[C@H](C)[C@@H]1COC(C)(C)O1. The highest BCUT2D eigenvalue weighted by Gasteiger charge is 2.35. The van der Waals surface area contributed by atoms with Gasteiger partial charge in [0.1, 0.15) is 6.10 Å². The van der Waals surface area contributed by atoms with Gasteiger partial charge in [-0.3, -0.25) is 4.79 Å². The second-order valence-electron chi connectivity index (χ2n) is 8.74. The van der Waals surface area contributed by atoms with Crippen LogP contribution in [-0.2, 0) is 30.3 Å². The standard InChI is InChI=1S/C25H38O5/c1-6-10-19(2)22(15-16-27-17-21-11-8-7-9-12-21)29-24(26)14-13-20(3)23-18-28-25(4,5)30-23/h6-9,11-12,19-20,22-23H,1,10,13-18H2,2-5H3/t19-,20-,22+,23-/m0/s1. The number of benzene rings is 1. The van der Waals surface area contributed by atoms with Crippen LogP contribution >= 0.6 is 0 Å². The number of hydrogen-bond acceptors (Lipinski definition) is 5. The summed E-state index contributed by atoms with van der Waals surface area (Å²) in [5.41, 5.74) is 1.14. The molecule has 0 spiro atoms. The average Bonchev–Trinajstić information content (AvgIpc) is 3.09. The van der Waals surface area contributed by atoms with Crippen LogP contribution in [0.3, 0.4) is 0 Å². The first kappa shape index (κ1) is 24.6. The van der Waals surface area contributed by atoms with Crippen molar-refractivity contribution in [1.29, 1.82) is 0 Å². The third-order valence-corrected chi connectivity index (χ3v) is 5.58. The summed E-state index contributed by atoms with van der Waals surface area (Å²) in [6, 6.07) is 10.1. The van der Waals surface area contributed by atoms with E-state index in [1.54, 1.807) is 0 Å². The molecule has 1 fully saturated rings. The predicted octanol–water partition coefficient (Wildman–Crippen LogP) is 5.29. The summed E-state index contributed by atoms with van der Waals surface area (Å²) in [7, 11) is 0. The predicted molar refractivity (Wildman–Crippen MR) is 118 cm³/mol. The number of carbonyl (C=O) groups excluding carboxylic acids is 1. The van der Waals surface area contributed by atoms with E-state index in [9.17, 15) is 4.79 Å². The van der Waals surface area contributed by atoms with Crippen LogP contribution in [0.15, 0.2) is 43.0 Å². The van der Waals surface area contributed by atoms with Crippen molar-refractivity contribution in [1.82, 2.24) is 0 Å². The Morgan fingerprint density at radius 1 is 1.27 bits per heavy atom. The van der Waals surface area contributed by atoms with E-state index in [2.05, 4.69) is 20.4 Å². The van der Waals surface area contributed by atoms with Crippen LogP contribution in [0.25, 0.3) is 0 Å². The van der Waals surface area contributed by atoms with Gasteiger partial charge in [0.15, 0.2) is 5.79 Å². The molecule has 5 heteroatoms. The van der Waals surface area contributed by atoms with Gasteiger partial charge in [-0.2, -0.15) is 0 Å². The molecule has 5 nitrogen and oxygen atoms in total. The lowest BCUT2D eigenvalue weighted by Crippen LogP contribution is -2.28. The molecule has 0 aliphatic carbocycles. The molecule has 4 atom stereocenters. The minimum absolute atomic E-state index is 0.0228. The number of rotatable bonds is 13. The molecular weight excluding hydrogens is 380 g/mol. The molecule has 0 saturated carbocycles. The smallest absolute Gasteiger partial charge is 0.306 e. The third kappa shape index (κ3) is 8.58. The second kappa shape index (κ2) is 12.2. The third-order valence-electron chi connectivity index (χ3n) is 5.58. The molecule has 1 aliphatic heterocycles. The van der Waals surface area contributed by atoms with Crippen molar-refractivity contribution in [2.45, 2.75) is 78.0 Å². The van der Waals surface area contributed by atoms with Gasteiger partial charge in [0.25, 0.3) is 0 Å². The van der Waals surface area contributed by atoms with Gasteiger partial charge in [-0.25, -0.2) is 0 Å². The summed E-state index contributed by atoms with van der Waals surface area (Å²) < 4.78 is 23.2. The van der Waals surface area contributed by atoms with Crippen LogP contribution in [0.1, 0.15) is 58.9 Å².